The van der Waals surface area contributed by atoms with Gasteiger partial charge in [-0.15, -0.1) is 0 Å². The van der Waals surface area contributed by atoms with Crippen molar-refractivity contribution >= 4 is 33.2 Å². The van der Waals surface area contributed by atoms with Crippen molar-refractivity contribution in [3.63, 3.8) is 0 Å². The number of rotatable bonds is 6. The first-order valence-corrected chi connectivity index (χ1v) is 9.70. The molecule has 136 valence electrons. The van der Waals surface area contributed by atoms with E-state index in [1.54, 1.807) is 0 Å². The van der Waals surface area contributed by atoms with E-state index in [0.29, 0.717) is 12.2 Å². The summed E-state index contributed by atoms with van der Waals surface area (Å²) in [6, 6.07) is 4.42. The van der Waals surface area contributed by atoms with Gasteiger partial charge in [0.15, 0.2) is 0 Å². The Kier molecular flexibility index (Phi) is 6.16. The number of benzene rings is 1. The maximum absolute atomic E-state index is 12.5. The molecule has 0 unspecified atom stereocenters. The van der Waals surface area contributed by atoms with Gasteiger partial charge in [0.1, 0.15) is 0 Å². The van der Waals surface area contributed by atoms with Crippen molar-refractivity contribution in [2.45, 2.75) is 13.3 Å². The summed E-state index contributed by atoms with van der Waals surface area (Å²) in [6.07, 6.45) is 3.88. The van der Waals surface area contributed by atoms with Crippen molar-refractivity contribution in [3.05, 3.63) is 35.4 Å². The van der Waals surface area contributed by atoms with Crippen LogP contribution in [0.5, 0.6) is 0 Å². The number of nitrogens with one attached hydrogen (secondary N) is 4. The Balaban J connectivity index is 2.22. The van der Waals surface area contributed by atoms with E-state index in [9.17, 15) is 18.0 Å². The first kappa shape index (κ1) is 18.9. The first-order valence-electron chi connectivity index (χ1n) is 7.81. The van der Waals surface area contributed by atoms with E-state index in [4.69, 9.17) is 0 Å². The highest BCUT2D eigenvalue weighted by molar-refractivity contribution is 7.92. The third-order valence-corrected chi connectivity index (χ3v) is 4.10. The van der Waals surface area contributed by atoms with Gasteiger partial charge in [-0.25, -0.2) is 8.42 Å². The monoisotopic (exact) mass is 366 g/mol. The summed E-state index contributed by atoms with van der Waals surface area (Å²) in [4.78, 5) is 23.7. The number of carbonyl (C=O) groups excluding carboxylic acids is 2. The van der Waals surface area contributed by atoms with Crippen LogP contribution in [0.1, 0.15) is 23.7 Å². The lowest BCUT2D eigenvalue weighted by atomic mass is 10.1. The Morgan fingerprint density at radius 3 is 2.64 bits per heavy atom. The van der Waals surface area contributed by atoms with E-state index >= 15 is 0 Å². The predicted octanol–water partition coefficient (Wildman–Crippen LogP) is 0.666. The molecular formula is C16H22N4O4S. The molecule has 2 amide bonds. The molecule has 0 atom stereocenters. The molecule has 0 saturated carbocycles. The zero-order valence-corrected chi connectivity index (χ0v) is 15.0. The van der Waals surface area contributed by atoms with Crippen molar-refractivity contribution in [1.82, 2.24) is 10.6 Å². The molecule has 1 aromatic carbocycles. The van der Waals surface area contributed by atoms with Crippen molar-refractivity contribution in [2.75, 3.05) is 35.9 Å². The smallest absolute Gasteiger partial charge is 0.253 e. The highest BCUT2D eigenvalue weighted by Crippen LogP contribution is 2.22. The Bertz CT molecular complexity index is 802. The second kappa shape index (κ2) is 8.13. The number of hydrogen-bond donors (Lipinski definition) is 4. The van der Waals surface area contributed by atoms with E-state index in [1.165, 1.54) is 25.1 Å². The van der Waals surface area contributed by atoms with Gasteiger partial charge in [-0.05, 0) is 31.2 Å². The van der Waals surface area contributed by atoms with Crippen LogP contribution in [0.15, 0.2) is 29.8 Å². The summed E-state index contributed by atoms with van der Waals surface area (Å²) in [5.41, 5.74) is 1.83. The molecule has 8 nitrogen and oxygen atoms in total. The van der Waals surface area contributed by atoms with Gasteiger partial charge in [0.05, 0.1) is 17.5 Å². The zero-order chi connectivity index (χ0) is 18.4. The van der Waals surface area contributed by atoms with Gasteiger partial charge in [-0.3, -0.25) is 14.3 Å². The minimum atomic E-state index is -3.54. The van der Waals surface area contributed by atoms with Crippen molar-refractivity contribution in [2.24, 2.45) is 0 Å². The van der Waals surface area contributed by atoms with E-state index in [2.05, 4.69) is 20.7 Å². The number of hydrogen-bond acceptors (Lipinski definition) is 5. The molecule has 0 bridgehead atoms. The number of sulfonamides is 1. The van der Waals surface area contributed by atoms with Gasteiger partial charge < -0.3 is 16.0 Å². The van der Waals surface area contributed by atoms with E-state index in [0.717, 1.165) is 31.3 Å². The normalized spacial score (nSPS) is 14.4. The average Bonchev–Trinajstić information content (AvgIpc) is 2.53. The first-order chi connectivity index (χ1) is 11.7. The Labute approximate surface area is 147 Å². The van der Waals surface area contributed by atoms with Gasteiger partial charge in [0, 0.05) is 25.7 Å². The van der Waals surface area contributed by atoms with Crippen LogP contribution in [-0.4, -0.2) is 46.1 Å². The molecule has 2 rings (SSSR count). The minimum Gasteiger partial charge on any atom is -0.348 e. The fourth-order valence-electron chi connectivity index (χ4n) is 2.42. The summed E-state index contributed by atoms with van der Waals surface area (Å²) in [5, 5.41) is 8.56. The average molecular weight is 366 g/mol. The Morgan fingerprint density at radius 1 is 1.28 bits per heavy atom. The lowest BCUT2D eigenvalue weighted by Crippen LogP contribution is -2.30. The number of anilines is 2. The molecule has 0 aliphatic carbocycles. The van der Waals surface area contributed by atoms with Gasteiger partial charge in [0.25, 0.3) is 5.91 Å². The van der Waals surface area contributed by atoms with Crippen LogP contribution >= 0.6 is 0 Å². The maximum atomic E-state index is 12.5. The number of amides is 2. The molecule has 0 fully saturated rings. The lowest BCUT2D eigenvalue weighted by molar-refractivity contribution is -0.114. The summed E-state index contributed by atoms with van der Waals surface area (Å²) < 4.78 is 25.4. The topological polar surface area (TPSA) is 116 Å². The van der Waals surface area contributed by atoms with Crippen LogP contribution in [0.3, 0.4) is 0 Å². The largest absolute Gasteiger partial charge is 0.348 e. The van der Waals surface area contributed by atoms with Crippen LogP contribution in [-0.2, 0) is 14.8 Å². The van der Waals surface area contributed by atoms with Gasteiger partial charge in [-0.2, -0.15) is 0 Å². The fraction of sp³-hybridized carbons (Fsp3) is 0.375. The van der Waals surface area contributed by atoms with Gasteiger partial charge in [-0.1, -0.05) is 11.6 Å². The van der Waals surface area contributed by atoms with Crippen LogP contribution in [0, 0.1) is 0 Å². The molecule has 9 heteroatoms. The molecule has 0 radical (unpaired) electrons. The van der Waals surface area contributed by atoms with Crippen molar-refractivity contribution in [3.8, 4) is 0 Å². The summed E-state index contributed by atoms with van der Waals surface area (Å²) in [5.74, 6) is -0.701. The number of carbonyl (C=O) groups is 2. The summed E-state index contributed by atoms with van der Waals surface area (Å²) >= 11 is 0. The quantitative estimate of drug-likeness (QED) is 0.552. The molecular weight excluding hydrogens is 344 g/mol. The molecule has 0 aromatic heterocycles. The predicted molar refractivity (Wildman–Crippen MR) is 97.1 cm³/mol. The maximum Gasteiger partial charge on any atom is 0.253 e. The minimum absolute atomic E-state index is 0.145. The molecule has 1 aromatic rings. The van der Waals surface area contributed by atoms with E-state index < -0.39 is 15.9 Å². The molecule has 4 N–H and O–H groups in total. The standard InChI is InChI=1S/C16H22N4O4S/c1-11(21)19-13-3-4-15(20-25(2,23)24)14(9-13)16(22)18-10-12-5-7-17-8-6-12/h3-5,9,17,20H,6-8,10H2,1-2H3,(H,18,22)(H,19,21). The Morgan fingerprint density at radius 2 is 2.04 bits per heavy atom. The molecule has 1 aliphatic heterocycles. The van der Waals surface area contributed by atoms with Crippen molar-refractivity contribution < 1.29 is 18.0 Å². The third kappa shape index (κ3) is 6.20. The molecule has 1 aliphatic rings. The van der Waals surface area contributed by atoms with Crippen LogP contribution < -0.4 is 20.7 Å². The lowest BCUT2D eigenvalue weighted by Gasteiger charge is -2.16. The summed E-state index contributed by atoms with van der Waals surface area (Å²) in [6.45, 7) is 3.37. The van der Waals surface area contributed by atoms with Gasteiger partial charge >= 0.3 is 0 Å². The van der Waals surface area contributed by atoms with E-state index in [-0.39, 0.29) is 17.2 Å². The van der Waals surface area contributed by atoms with Crippen LogP contribution in [0.2, 0.25) is 0 Å². The third-order valence-electron chi connectivity index (χ3n) is 3.51. The van der Waals surface area contributed by atoms with E-state index in [1.807, 2.05) is 6.08 Å². The molecule has 0 saturated heterocycles. The SMILES string of the molecule is CC(=O)Nc1ccc(NS(C)(=O)=O)c(C(=O)NCC2=CCNCC2)c1. The fourth-order valence-corrected chi connectivity index (χ4v) is 3.00. The molecule has 1 heterocycles. The zero-order valence-electron chi connectivity index (χ0n) is 14.2. The van der Waals surface area contributed by atoms with Gasteiger partial charge in [0.2, 0.25) is 15.9 Å². The van der Waals surface area contributed by atoms with Crippen LogP contribution in [0.4, 0.5) is 11.4 Å². The second-order valence-electron chi connectivity index (χ2n) is 5.81. The second-order valence-corrected chi connectivity index (χ2v) is 7.56. The van der Waals surface area contributed by atoms with Crippen molar-refractivity contribution in [1.29, 1.82) is 0 Å². The van der Waals surface area contributed by atoms with Crippen LogP contribution in [0.25, 0.3) is 0 Å². The molecule has 25 heavy (non-hydrogen) atoms. The summed E-state index contributed by atoms with van der Waals surface area (Å²) in [7, 11) is -3.54. The Hall–Kier alpha value is -2.39. The highest BCUT2D eigenvalue weighted by Gasteiger charge is 2.16. The molecule has 0 spiro atoms. The highest BCUT2D eigenvalue weighted by atomic mass is 32.2.